The monoisotopic (exact) mass is 405 g/mol. The quantitative estimate of drug-likeness (QED) is 0.590. The number of carbonyl (C=O) groups excluding carboxylic acids is 2. The van der Waals surface area contributed by atoms with Crippen molar-refractivity contribution in [3.05, 3.63) is 64.9 Å². The maximum atomic E-state index is 13.5. The van der Waals surface area contributed by atoms with E-state index in [1.54, 1.807) is 23.5 Å². The van der Waals surface area contributed by atoms with Crippen LogP contribution in [0.5, 0.6) is 0 Å². The number of hydrazine groups is 1. The average Bonchev–Trinajstić information content (AvgIpc) is 3.33. The molecule has 0 aliphatic carbocycles. The van der Waals surface area contributed by atoms with Crippen LogP contribution < -0.4 is 10.9 Å². The lowest BCUT2D eigenvalue weighted by molar-refractivity contribution is -0.127. The van der Waals surface area contributed by atoms with Gasteiger partial charge in [0, 0.05) is 11.8 Å². The molecule has 0 atom stereocenters. The summed E-state index contributed by atoms with van der Waals surface area (Å²) in [6.45, 7) is 0. The topological polar surface area (TPSA) is 84.2 Å². The third kappa shape index (κ3) is 5.66. The fourth-order valence-electron chi connectivity index (χ4n) is 2.20. The van der Waals surface area contributed by atoms with E-state index in [0.29, 0.717) is 11.5 Å². The van der Waals surface area contributed by atoms with Crippen LogP contribution in [0.2, 0.25) is 0 Å². The summed E-state index contributed by atoms with van der Waals surface area (Å²) < 4.78 is 18.8. The van der Waals surface area contributed by atoms with Crippen molar-refractivity contribution in [2.45, 2.75) is 12.2 Å². The third-order valence-electron chi connectivity index (χ3n) is 3.46. The highest BCUT2D eigenvalue weighted by atomic mass is 32.2. The van der Waals surface area contributed by atoms with E-state index < -0.39 is 11.7 Å². The fourth-order valence-corrected chi connectivity index (χ4v) is 3.58. The number of halogens is 1. The molecule has 0 unspecified atom stereocenters. The number of carbonyl (C=O) groups is 2. The maximum Gasteiger partial charge on any atom is 0.248 e. The van der Waals surface area contributed by atoms with Crippen molar-refractivity contribution in [2.75, 3.05) is 5.75 Å². The lowest BCUT2D eigenvalue weighted by Gasteiger charge is -2.07. The molecule has 1 aromatic carbocycles. The molecule has 3 rings (SSSR count). The Kier molecular flexibility index (Phi) is 6.61. The molecule has 0 saturated carbocycles. The number of thioether (sulfide) groups is 1. The van der Waals surface area contributed by atoms with Crippen LogP contribution in [0.25, 0.3) is 10.6 Å². The number of aromatic nitrogens is 1. The fraction of sp³-hybridized carbons (Fsp3) is 0.167. The SMILES string of the molecule is O=C(CSCc1cc(-c2cccs2)on1)NNC(=O)Cc1ccccc1F. The minimum Gasteiger partial charge on any atom is -0.355 e. The van der Waals surface area contributed by atoms with Gasteiger partial charge in [-0.25, -0.2) is 4.39 Å². The molecule has 2 amide bonds. The molecule has 2 heterocycles. The highest BCUT2D eigenvalue weighted by molar-refractivity contribution is 7.99. The van der Waals surface area contributed by atoms with E-state index in [9.17, 15) is 14.0 Å². The summed E-state index contributed by atoms with van der Waals surface area (Å²) in [7, 11) is 0. The van der Waals surface area contributed by atoms with Gasteiger partial charge in [-0.05, 0) is 23.1 Å². The van der Waals surface area contributed by atoms with E-state index >= 15 is 0 Å². The number of nitrogens with zero attached hydrogens (tertiary/aromatic N) is 1. The second-order valence-electron chi connectivity index (χ2n) is 5.52. The minimum atomic E-state index is -0.490. The first-order valence-corrected chi connectivity index (χ1v) is 10.0. The van der Waals surface area contributed by atoms with Crippen molar-refractivity contribution in [2.24, 2.45) is 0 Å². The summed E-state index contributed by atoms with van der Waals surface area (Å²) >= 11 is 2.90. The molecule has 0 radical (unpaired) electrons. The Balaban J connectivity index is 1.36. The van der Waals surface area contributed by atoms with Gasteiger partial charge in [0.15, 0.2) is 5.76 Å². The van der Waals surface area contributed by atoms with Crippen LogP contribution in [-0.4, -0.2) is 22.7 Å². The van der Waals surface area contributed by atoms with Gasteiger partial charge in [-0.15, -0.1) is 23.1 Å². The number of thiophene rings is 1. The summed E-state index contributed by atoms with van der Waals surface area (Å²) in [6, 6.07) is 11.7. The van der Waals surface area contributed by atoms with Crippen LogP contribution in [0.4, 0.5) is 4.39 Å². The van der Waals surface area contributed by atoms with E-state index in [1.807, 2.05) is 23.6 Å². The Labute approximate surface area is 163 Å². The summed E-state index contributed by atoms with van der Waals surface area (Å²) in [5.74, 6) is 0.0426. The molecule has 0 spiro atoms. The first-order chi connectivity index (χ1) is 13.1. The molecule has 9 heteroatoms. The number of nitrogens with one attached hydrogen (secondary N) is 2. The minimum absolute atomic E-state index is 0.140. The van der Waals surface area contributed by atoms with Gasteiger partial charge in [-0.1, -0.05) is 29.4 Å². The predicted octanol–water partition coefficient (Wildman–Crippen LogP) is 3.17. The van der Waals surface area contributed by atoms with E-state index in [2.05, 4.69) is 16.0 Å². The Bertz CT molecular complexity index is 912. The van der Waals surface area contributed by atoms with Crippen molar-refractivity contribution in [3.8, 4) is 10.6 Å². The second kappa shape index (κ2) is 9.33. The van der Waals surface area contributed by atoms with Crippen molar-refractivity contribution in [1.82, 2.24) is 16.0 Å². The molecule has 2 aromatic heterocycles. The van der Waals surface area contributed by atoms with E-state index in [1.165, 1.54) is 23.9 Å². The number of hydrogen-bond donors (Lipinski definition) is 2. The smallest absolute Gasteiger partial charge is 0.248 e. The van der Waals surface area contributed by atoms with Gasteiger partial charge in [0.25, 0.3) is 0 Å². The molecule has 0 saturated heterocycles. The van der Waals surface area contributed by atoms with Crippen molar-refractivity contribution in [1.29, 1.82) is 0 Å². The zero-order chi connectivity index (χ0) is 19.1. The molecule has 3 aromatic rings. The number of benzene rings is 1. The zero-order valence-corrected chi connectivity index (χ0v) is 15.7. The average molecular weight is 405 g/mol. The van der Waals surface area contributed by atoms with Crippen LogP contribution in [0.1, 0.15) is 11.3 Å². The number of rotatable bonds is 7. The van der Waals surface area contributed by atoms with Gasteiger partial charge < -0.3 is 4.52 Å². The van der Waals surface area contributed by atoms with Crippen LogP contribution in [0.15, 0.2) is 52.4 Å². The molecular weight excluding hydrogens is 389 g/mol. The lowest BCUT2D eigenvalue weighted by atomic mass is 10.1. The summed E-state index contributed by atoms with van der Waals surface area (Å²) in [5.41, 5.74) is 5.60. The van der Waals surface area contributed by atoms with Gasteiger partial charge in [-0.3, -0.25) is 20.4 Å². The number of amides is 2. The summed E-state index contributed by atoms with van der Waals surface area (Å²) in [6.07, 6.45) is -0.148. The van der Waals surface area contributed by atoms with Crippen molar-refractivity contribution < 1.29 is 18.5 Å². The Hall–Kier alpha value is -2.65. The summed E-state index contributed by atoms with van der Waals surface area (Å²) in [4.78, 5) is 24.5. The molecule has 27 heavy (non-hydrogen) atoms. The normalized spacial score (nSPS) is 10.6. The molecule has 0 bridgehead atoms. The molecule has 140 valence electrons. The van der Waals surface area contributed by atoms with Crippen LogP contribution in [0.3, 0.4) is 0 Å². The van der Waals surface area contributed by atoms with Crippen LogP contribution in [0, 0.1) is 5.82 Å². The van der Waals surface area contributed by atoms with Gasteiger partial charge in [0.05, 0.1) is 22.7 Å². The van der Waals surface area contributed by atoms with E-state index in [4.69, 9.17) is 4.52 Å². The highest BCUT2D eigenvalue weighted by Crippen LogP contribution is 2.26. The zero-order valence-electron chi connectivity index (χ0n) is 14.1. The molecule has 6 nitrogen and oxygen atoms in total. The molecule has 0 aliphatic rings. The second-order valence-corrected chi connectivity index (χ2v) is 7.45. The van der Waals surface area contributed by atoms with Crippen LogP contribution in [-0.2, 0) is 21.8 Å². The molecule has 2 N–H and O–H groups in total. The van der Waals surface area contributed by atoms with Crippen molar-refractivity contribution in [3.63, 3.8) is 0 Å². The molecular formula is C18H16FN3O3S2. The maximum absolute atomic E-state index is 13.5. The van der Waals surface area contributed by atoms with Gasteiger partial charge >= 0.3 is 0 Å². The molecule has 0 fully saturated rings. The standard InChI is InChI=1S/C18H16FN3O3S2/c19-14-5-2-1-4-12(14)8-17(23)20-21-18(24)11-26-10-13-9-15(25-22-13)16-6-3-7-27-16/h1-7,9H,8,10-11H2,(H,20,23)(H,21,24). The first kappa shape index (κ1) is 19.1. The Morgan fingerprint density at radius 1 is 1.15 bits per heavy atom. The lowest BCUT2D eigenvalue weighted by Crippen LogP contribution is -2.43. The largest absolute Gasteiger partial charge is 0.355 e. The molecule has 0 aliphatic heterocycles. The summed E-state index contributed by atoms with van der Waals surface area (Å²) in [5, 5.41) is 5.93. The van der Waals surface area contributed by atoms with Crippen molar-refractivity contribution >= 4 is 34.9 Å². The van der Waals surface area contributed by atoms with E-state index in [-0.39, 0.29) is 23.6 Å². The predicted molar refractivity (Wildman–Crippen MR) is 102 cm³/mol. The van der Waals surface area contributed by atoms with Gasteiger partial charge in [0.2, 0.25) is 11.8 Å². The van der Waals surface area contributed by atoms with Crippen LogP contribution >= 0.6 is 23.1 Å². The van der Waals surface area contributed by atoms with Gasteiger partial charge in [-0.2, -0.15) is 0 Å². The first-order valence-electron chi connectivity index (χ1n) is 8.00. The highest BCUT2D eigenvalue weighted by Gasteiger charge is 2.11. The Morgan fingerprint density at radius 2 is 1.96 bits per heavy atom. The Morgan fingerprint density at radius 3 is 2.74 bits per heavy atom. The van der Waals surface area contributed by atoms with E-state index in [0.717, 1.165) is 10.6 Å². The third-order valence-corrected chi connectivity index (χ3v) is 5.31. The number of hydrogen-bond acceptors (Lipinski definition) is 6. The van der Waals surface area contributed by atoms with Gasteiger partial charge in [0.1, 0.15) is 5.82 Å².